The third kappa shape index (κ3) is 4.52. The smallest absolute Gasteiger partial charge is 0.0833 e. The van der Waals surface area contributed by atoms with Crippen LogP contribution < -0.4 is 0 Å². The molecule has 0 saturated carbocycles. The van der Waals surface area contributed by atoms with Crippen molar-refractivity contribution in [2.45, 2.75) is 38.9 Å². The Bertz CT molecular complexity index is 112. The molecule has 0 aromatic heterocycles. The second-order valence-electron chi connectivity index (χ2n) is 2.80. The number of hydrogen-bond donors (Lipinski definition) is 0. The van der Waals surface area contributed by atoms with Crippen LogP contribution in [0.2, 0.25) is 0 Å². The van der Waals surface area contributed by atoms with Gasteiger partial charge in [0.1, 0.15) is 0 Å². The van der Waals surface area contributed by atoms with Gasteiger partial charge in [0.15, 0.2) is 0 Å². The van der Waals surface area contributed by atoms with Crippen LogP contribution >= 0.6 is 0 Å². The van der Waals surface area contributed by atoms with Crippen LogP contribution in [-0.4, -0.2) is 25.9 Å². The summed E-state index contributed by atoms with van der Waals surface area (Å²) in [5, 5.41) is 0. The molecule has 12 heavy (non-hydrogen) atoms. The van der Waals surface area contributed by atoms with Crippen molar-refractivity contribution in [2.75, 3.05) is 13.7 Å². The maximum atomic E-state index is 5.43. The molecule has 0 rings (SSSR count). The summed E-state index contributed by atoms with van der Waals surface area (Å²) in [6.45, 7) is 8.46. The average molecular weight is 172 g/mol. The quantitative estimate of drug-likeness (QED) is 0.549. The molecule has 2 atom stereocenters. The zero-order valence-electron chi connectivity index (χ0n) is 8.38. The third-order valence-corrected chi connectivity index (χ3v) is 1.91. The first-order valence-electron chi connectivity index (χ1n) is 4.51. The van der Waals surface area contributed by atoms with E-state index in [1.54, 1.807) is 7.11 Å². The van der Waals surface area contributed by atoms with Crippen molar-refractivity contribution in [1.29, 1.82) is 0 Å². The molecule has 2 heteroatoms. The first-order valence-corrected chi connectivity index (χ1v) is 4.51. The molecule has 0 N–H and O–H groups in total. The lowest BCUT2D eigenvalue weighted by atomic mass is 10.1. The fourth-order valence-electron chi connectivity index (χ4n) is 1.20. The summed E-state index contributed by atoms with van der Waals surface area (Å²) in [6, 6.07) is 0. The molecular formula is C10H20O2. The lowest BCUT2D eigenvalue weighted by Crippen LogP contribution is -2.27. The van der Waals surface area contributed by atoms with Crippen molar-refractivity contribution in [1.82, 2.24) is 0 Å². The normalized spacial score (nSPS) is 15.6. The van der Waals surface area contributed by atoms with Crippen molar-refractivity contribution in [3.8, 4) is 0 Å². The predicted molar refractivity (Wildman–Crippen MR) is 51.3 cm³/mol. The van der Waals surface area contributed by atoms with E-state index in [0.717, 1.165) is 19.4 Å². The first-order chi connectivity index (χ1) is 5.76. The third-order valence-electron chi connectivity index (χ3n) is 1.91. The number of rotatable bonds is 7. The maximum absolute atomic E-state index is 5.43. The zero-order chi connectivity index (χ0) is 9.40. The molecule has 0 bridgehead atoms. The number of ether oxygens (including phenoxy) is 2. The topological polar surface area (TPSA) is 18.5 Å². The van der Waals surface area contributed by atoms with E-state index in [2.05, 4.69) is 6.58 Å². The SMILES string of the molecule is C=CCCC(OC)C(C)OCC. The van der Waals surface area contributed by atoms with Crippen LogP contribution in [0.3, 0.4) is 0 Å². The number of methoxy groups -OCH3 is 1. The summed E-state index contributed by atoms with van der Waals surface area (Å²) in [5.74, 6) is 0. The van der Waals surface area contributed by atoms with Crippen molar-refractivity contribution >= 4 is 0 Å². The van der Waals surface area contributed by atoms with Gasteiger partial charge in [-0.3, -0.25) is 0 Å². The Kier molecular flexibility index (Phi) is 7.11. The molecule has 2 unspecified atom stereocenters. The molecule has 0 aromatic carbocycles. The minimum atomic E-state index is 0.181. The lowest BCUT2D eigenvalue weighted by molar-refractivity contribution is -0.0456. The van der Waals surface area contributed by atoms with E-state index in [1.165, 1.54) is 0 Å². The highest BCUT2D eigenvalue weighted by atomic mass is 16.5. The largest absolute Gasteiger partial charge is 0.379 e. The molecule has 0 spiro atoms. The molecule has 72 valence electrons. The molecule has 0 radical (unpaired) electrons. The Morgan fingerprint density at radius 2 is 2.17 bits per heavy atom. The molecule has 0 aliphatic carbocycles. The number of hydrogen-bond acceptors (Lipinski definition) is 2. The van der Waals surface area contributed by atoms with Crippen LogP contribution in [0.4, 0.5) is 0 Å². The highest BCUT2D eigenvalue weighted by molar-refractivity contribution is 4.73. The van der Waals surface area contributed by atoms with Crippen molar-refractivity contribution in [3.05, 3.63) is 12.7 Å². The van der Waals surface area contributed by atoms with E-state index in [0.29, 0.717) is 0 Å². The fourth-order valence-corrected chi connectivity index (χ4v) is 1.20. The predicted octanol–water partition coefficient (Wildman–Crippen LogP) is 2.39. The maximum Gasteiger partial charge on any atom is 0.0833 e. The van der Waals surface area contributed by atoms with Crippen molar-refractivity contribution in [2.24, 2.45) is 0 Å². The van der Waals surface area contributed by atoms with Crippen LogP contribution in [-0.2, 0) is 9.47 Å². The Morgan fingerprint density at radius 1 is 1.50 bits per heavy atom. The minimum absolute atomic E-state index is 0.181. The van der Waals surface area contributed by atoms with Gasteiger partial charge >= 0.3 is 0 Å². The molecule has 0 saturated heterocycles. The Labute approximate surface area is 75.6 Å². The number of allylic oxidation sites excluding steroid dienone is 1. The zero-order valence-corrected chi connectivity index (χ0v) is 8.38. The standard InChI is InChI=1S/C10H20O2/c1-5-7-8-10(11-4)9(3)12-6-2/h5,9-10H,1,6-8H2,2-4H3. The van der Waals surface area contributed by atoms with Gasteiger partial charge in [0.25, 0.3) is 0 Å². The van der Waals surface area contributed by atoms with Crippen LogP contribution in [0.1, 0.15) is 26.7 Å². The minimum Gasteiger partial charge on any atom is -0.379 e. The molecule has 0 aliphatic heterocycles. The van der Waals surface area contributed by atoms with Gasteiger partial charge in [0.2, 0.25) is 0 Å². The fraction of sp³-hybridized carbons (Fsp3) is 0.800. The molecule has 0 amide bonds. The lowest BCUT2D eigenvalue weighted by Gasteiger charge is -2.21. The van der Waals surface area contributed by atoms with Gasteiger partial charge in [-0.25, -0.2) is 0 Å². The summed E-state index contributed by atoms with van der Waals surface area (Å²) in [5.41, 5.74) is 0. The summed E-state index contributed by atoms with van der Waals surface area (Å²) in [6.07, 6.45) is 4.25. The molecule has 0 fully saturated rings. The highest BCUT2D eigenvalue weighted by Crippen LogP contribution is 2.09. The monoisotopic (exact) mass is 172 g/mol. The van der Waals surface area contributed by atoms with E-state index in [4.69, 9.17) is 9.47 Å². The van der Waals surface area contributed by atoms with E-state index in [-0.39, 0.29) is 12.2 Å². The molecular weight excluding hydrogens is 152 g/mol. The average Bonchev–Trinajstić information content (AvgIpc) is 2.06. The van der Waals surface area contributed by atoms with Crippen LogP contribution in [0.5, 0.6) is 0 Å². The summed E-state index contributed by atoms with van der Waals surface area (Å²) in [7, 11) is 1.73. The van der Waals surface area contributed by atoms with Gasteiger partial charge in [-0.05, 0) is 26.7 Å². The van der Waals surface area contributed by atoms with Crippen LogP contribution in [0.25, 0.3) is 0 Å². The highest BCUT2D eigenvalue weighted by Gasteiger charge is 2.15. The first kappa shape index (κ1) is 11.7. The van der Waals surface area contributed by atoms with E-state index in [9.17, 15) is 0 Å². The Hall–Kier alpha value is -0.340. The second kappa shape index (κ2) is 7.32. The van der Waals surface area contributed by atoms with Crippen molar-refractivity contribution in [3.63, 3.8) is 0 Å². The van der Waals surface area contributed by atoms with Crippen molar-refractivity contribution < 1.29 is 9.47 Å². The Morgan fingerprint density at radius 3 is 2.58 bits per heavy atom. The van der Waals surface area contributed by atoms with E-state index in [1.807, 2.05) is 19.9 Å². The summed E-state index contributed by atoms with van der Waals surface area (Å²) in [4.78, 5) is 0. The van der Waals surface area contributed by atoms with E-state index < -0.39 is 0 Å². The van der Waals surface area contributed by atoms with Gasteiger partial charge in [0.05, 0.1) is 12.2 Å². The van der Waals surface area contributed by atoms with Gasteiger partial charge in [-0.1, -0.05) is 6.08 Å². The van der Waals surface area contributed by atoms with Gasteiger partial charge in [-0.2, -0.15) is 0 Å². The van der Waals surface area contributed by atoms with Gasteiger partial charge in [0, 0.05) is 13.7 Å². The molecule has 0 aliphatic rings. The van der Waals surface area contributed by atoms with E-state index >= 15 is 0 Å². The van der Waals surface area contributed by atoms with Crippen LogP contribution in [0.15, 0.2) is 12.7 Å². The molecule has 0 aromatic rings. The van der Waals surface area contributed by atoms with Gasteiger partial charge < -0.3 is 9.47 Å². The molecule has 2 nitrogen and oxygen atoms in total. The van der Waals surface area contributed by atoms with Crippen LogP contribution in [0, 0.1) is 0 Å². The Balaban J connectivity index is 3.69. The molecule has 0 heterocycles. The summed E-state index contributed by atoms with van der Waals surface area (Å²) < 4.78 is 10.7. The second-order valence-corrected chi connectivity index (χ2v) is 2.80. The summed E-state index contributed by atoms with van der Waals surface area (Å²) >= 11 is 0. The van der Waals surface area contributed by atoms with Gasteiger partial charge in [-0.15, -0.1) is 6.58 Å².